The molecule has 2 fully saturated rings. The predicted molar refractivity (Wildman–Crippen MR) is 67.3 cm³/mol. The Balaban J connectivity index is 1.86. The molecule has 1 aromatic rings. The minimum Gasteiger partial charge on any atom is -0.393 e. The molecule has 2 aliphatic heterocycles. The van der Waals surface area contributed by atoms with Gasteiger partial charge in [0.1, 0.15) is 0 Å². The van der Waals surface area contributed by atoms with Gasteiger partial charge in [0.2, 0.25) is 0 Å². The van der Waals surface area contributed by atoms with Crippen molar-refractivity contribution in [1.82, 2.24) is 4.90 Å². The molecular formula is C13H17NO2S. The molecule has 0 aliphatic carbocycles. The summed E-state index contributed by atoms with van der Waals surface area (Å²) in [6, 6.07) is 2.52. The minimum absolute atomic E-state index is 0.178. The van der Waals surface area contributed by atoms with Crippen LogP contribution in [-0.2, 0) is 0 Å². The first-order valence-electron chi connectivity index (χ1n) is 6.21. The van der Waals surface area contributed by atoms with Crippen molar-refractivity contribution in [2.24, 2.45) is 0 Å². The highest BCUT2D eigenvalue weighted by atomic mass is 32.1. The number of fused-ring (bicyclic) bond motifs is 2. The SMILES string of the molecule is Cc1ccsc1C(=O)N1C2CCC1CC(O)C2. The Labute approximate surface area is 105 Å². The van der Waals surface area contributed by atoms with Crippen LogP contribution in [0.2, 0.25) is 0 Å². The van der Waals surface area contributed by atoms with E-state index in [2.05, 4.69) is 0 Å². The van der Waals surface area contributed by atoms with Crippen molar-refractivity contribution in [1.29, 1.82) is 0 Å². The lowest BCUT2D eigenvalue weighted by atomic mass is 9.99. The van der Waals surface area contributed by atoms with Gasteiger partial charge in [0.05, 0.1) is 11.0 Å². The summed E-state index contributed by atoms with van der Waals surface area (Å²) in [5.74, 6) is 0.178. The fourth-order valence-corrected chi connectivity index (χ4v) is 4.06. The lowest BCUT2D eigenvalue weighted by Gasteiger charge is -2.37. The van der Waals surface area contributed by atoms with Crippen LogP contribution < -0.4 is 0 Å². The van der Waals surface area contributed by atoms with Crippen molar-refractivity contribution in [3.8, 4) is 0 Å². The third kappa shape index (κ3) is 1.79. The van der Waals surface area contributed by atoms with Crippen LogP contribution in [0.1, 0.15) is 40.9 Å². The summed E-state index contributed by atoms with van der Waals surface area (Å²) in [6.45, 7) is 1.99. The second kappa shape index (κ2) is 4.10. The molecule has 0 radical (unpaired) electrons. The predicted octanol–water partition coefficient (Wildman–Crippen LogP) is 2.18. The maximum atomic E-state index is 12.5. The molecule has 0 spiro atoms. The van der Waals surface area contributed by atoms with Gasteiger partial charge in [0.15, 0.2) is 0 Å². The fourth-order valence-electron chi connectivity index (χ4n) is 3.19. The largest absolute Gasteiger partial charge is 0.393 e. The van der Waals surface area contributed by atoms with E-state index >= 15 is 0 Å². The number of carbonyl (C=O) groups is 1. The molecule has 1 amide bonds. The number of carbonyl (C=O) groups excluding carboxylic acids is 1. The number of aliphatic hydroxyl groups is 1. The summed E-state index contributed by atoms with van der Waals surface area (Å²) in [7, 11) is 0. The minimum atomic E-state index is -0.207. The molecule has 1 aromatic heterocycles. The number of hydrogen-bond acceptors (Lipinski definition) is 3. The Bertz CT molecular complexity index is 428. The van der Waals surface area contributed by atoms with Crippen LogP contribution in [0.4, 0.5) is 0 Å². The molecule has 2 saturated heterocycles. The number of aliphatic hydroxyl groups excluding tert-OH is 1. The van der Waals surface area contributed by atoms with Gasteiger partial charge in [0, 0.05) is 12.1 Å². The highest BCUT2D eigenvalue weighted by molar-refractivity contribution is 7.12. The zero-order valence-electron chi connectivity index (χ0n) is 9.93. The van der Waals surface area contributed by atoms with Crippen LogP contribution in [0.3, 0.4) is 0 Å². The zero-order valence-corrected chi connectivity index (χ0v) is 10.7. The van der Waals surface area contributed by atoms with E-state index in [4.69, 9.17) is 0 Å². The van der Waals surface area contributed by atoms with Gasteiger partial charge in [-0.15, -0.1) is 11.3 Å². The molecule has 2 atom stereocenters. The van der Waals surface area contributed by atoms with E-state index in [0.717, 1.165) is 36.1 Å². The molecule has 0 aromatic carbocycles. The Hall–Kier alpha value is -0.870. The summed E-state index contributed by atoms with van der Waals surface area (Å²) >= 11 is 1.53. The third-order valence-corrected chi connectivity index (χ3v) is 5.00. The van der Waals surface area contributed by atoms with Crippen molar-refractivity contribution in [2.45, 2.75) is 50.8 Å². The number of thiophene rings is 1. The van der Waals surface area contributed by atoms with Gasteiger partial charge < -0.3 is 10.0 Å². The number of amides is 1. The highest BCUT2D eigenvalue weighted by Crippen LogP contribution is 2.37. The monoisotopic (exact) mass is 251 g/mol. The van der Waals surface area contributed by atoms with E-state index in [-0.39, 0.29) is 24.1 Å². The molecule has 92 valence electrons. The van der Waals surface area contributed by atoms with Gasteiger partial charge in [-0.2, -0.15) is 0 Å². The Morgan fingerprint density at radius 1 is 1.41 bits per heavy atom. The third-order valence-electron chi connectivity index (χ3n) is 4.00. The molecular weight excluding hydrogens is 234 g/mol. The highest BCUT2D eigenvalue weighted by Gasteiger charge is 2.43. The van der Waals surface area contributed by atoms with Gasteiger partial charge in [-0.3, -0.25) is 4.79 Å². The van der Waals surface area contributed by atoms with Crippen LogP contribution in [0.15, 0.2) is 11.4 Å². The summed E-state index contributed by atoms with van der Waals surface area (Å²) in [6.07, 6.45) is 3.41. The molecule has 0 saturated carbocycles. The fraction of sp³-hybridized carbons (Fsp3) is 0.615. The van der Waals surface area contributed by atoms with E-state index in [9.17, 15) is 9.90 Å². The summed E-state index contributed by atoms with van der Waals surface area (Å²) in [5.41, 5.74) is 1.07. The normalized spacial score (nSPS) is 31.9. The van der Waals surface area contributed by atoms with Crippen molar-refractivity contribution in [3.05, 3.63) is 21.9 Å². The second-order valence-corrected chi connectivity index (χ2v) is 6.07. The smallest absolute Gasteiger partial charge is 0.264 e. The van der Waals surface area contributed by atoms with Gasteiger partial charge in [-0.25, -0.2) is 0 Å². The molecule has 2 aliphatic rings. The molecule has 1 N–H and O–H groups in total. The average Bonchev–Trinajstić information content (AvgIpc) is 2.81. The molecule has 3 heterocycles. The topological polar surface area (TPSA) is 40.5 Å². The van der Waals surface area contributed by atoms with E-state index in [0.29, 0.717) is 0 Å². The van der Waals surface area contributed by atoms with Crippen LogP contribution >= 0.6 is 11.3 Å². The number of hydrogen-bond donors (Lipinski definition) is 1. The van der Waals surface area contributed by atoms with Crippen molar-refractivity contribution < 1.29 is 9.90 Å². The van der Waals surface area contributed by atoms with E-state index < -0.39 is 0 Å². The molecule has 17 heavy (non-hydrogen) atoms. The Kier molecular flexibility index (Phi) is 2.71. The quantitative estimate of drug-likeness (QED) is 0.831. The average molecular weight is 251 g/mol. The molecule has 3 nitrogen and oxygen atoms in total. The first kappa shape index (κ1) is 11.2. The molecule has 4 heteroatoms. The maximum absolute atomic E-state index is 12.5. The maximum Gasteiger partial charge on any atom is 0.264 e. The first-order chi connectivity index (χ1) is 8.16. The molecule has 2 unspecified atom stereocenters. The number of aryl methyl sites for hydroxylation is 1. The molecule has 3 rings (SSSR count). The van der Waals surface area contributed by atoms with Crippen molar-refractivity contribution >= 4 is 17.2 Å². The van der Waals surface area contributed by atoms with Gasteiger partial charge in [-0.05, 0) is 49.6 Å². The first-order valence-corrected chi connectivity index (χ1v) is 7.09. The van der Waals surface area contributed by atoms with Crippen LogP contribution in [0, 0.1) is 6.92 Å². The summed E-state index contributed by atoms with van der Waals surface area (Å²) < 4.78 is 0. The Morgan fingerprint density at radius 2 is 2.06 bits per heavy atom. The Morgan fingerprint density at radius 3 is 2.59 bits per heavy atom. The second-order valence-electron chi connectivity index (χ2n) is 5.16. The van der Waals surface area contributed by atoms with Gasteiger partial charge >= 0.3 is 0 Å². The zero-order chi connectivity index (χ0) is 12.0. The van der Waals surface area contributed by atoms with Crippen LogP contribution in [0.25, 0.3) is 0 Å². The van der Waals surface area contributed by atoms with E-state index in [1.807, 2.05) is 23.3 Å². The standard InChI is InChI=1S/C13H17NO2S/c1-8-4-5-17-12(8)13(16)14-9-2-3-10(14)7-11(15)6-9/h4-5,9-11,15H,2-3,6-7H2,1H3. The summed E-state index contributed by atoms with van der Waals surface area (Å²) in [5, 5.41) is 11.7. The summed E-state index contributed by atoms with van der Waals surface area (Å²) in [4.78, 5) is 15.4. The van der Waals surface area contributed by atoms with Crippen molar-refractivity contribution in [2.75, 3.05) is 0 Å². The molecule has 2 bridgehead atoms. The number of piperidine rings is 1. The van der Waals surface area contributed by atoms with Crippen LogP contribution in [0.5, 0.6) is 0 Å². The lowest BCUT2D eigenvalue weighted by Crippen LogP contribution is -2.47. The van der Waals surface area contributed by atoms with E-state index in [1.54, 1.807) is 0 Å². The van der Waals surface area contributed by atoms with Gasteiger partial charge in [0.25, 0.3) is 5.91 Å². The lowest BCUT2D eigenvalue weighted by molar-refractivity contribution is 0.0290. The van der Waals surface area contributed by atoms with Crippen LogP contribution in [-0.4, -0.2) is 34.1 Å². The number of rotatable bonds is 1. The number of nitrogens with zero attached hydrogens (tertiary/aromatic N) is 1. The van der Waals surface area contributed by atoms with Crippen molar-refractivity contribution in [3.63, 3.8) is 0 Å². The van der Waals surface area contributed by atoms with E-state index in [1.165, 1.54) is 11.3 Å². The van der Waals surface area contributed by atoms with Gasteiger partial charge in [-0.1, -0.05) is 0 Å².